The summed E-state index contributed by atoms with van der Waals surface area (Å²) >= 11 is 1.45. The number of nitrogens with zero attached hydrogens (tertiary/aromatic N) is 1. The largest absolute Gasteiger partial charge is 0.380 e. The van der Waals surface area contributed by atoms with Crippen molar-refractivity contribution in [1.29, 1.82) is 0 Å². The number of carbonyl (C=O) groups is 2. The zero-order chi connectivity index (χ0) is 17.1. The molecule has 1 amide bonds. The van der Waals surface area contributed by atoms with Crippen LogP contribution in [0.15, 0.2) is 35.7 Å². The summed E-state index contributed by atoms with van der Waals surface area (Å²) in [5.74, 6) is 0.111. The fourth-order valence-electron chi connectivity index (χ4n) is 3.10. The van der Waals surface area contributed by atoms with E-state index in [1.54, 1.807) is 14.0 Å². The molecule has 126 valence electrons. The van der Waals surface area contributed by atoms with Crippen LogP contribution in [0.25, 0.3) is 11.1 Å². The summed E-state index contributed by atoms with van der Waals surface area (Å²) in [6.45, 7) is 3.01. The molecular formula is C19H21NO3S. The highest BCUT2D eigenvalue weighted by atomic mass is 32.1. The lowest BCUT2D eigenvalue weighted by molar-refractivity contribution is 0.0269. The van der Waals surface area contributed by atoms with E-state index in [1.165, 1.54) is 11.3 Å². The molecule has 0 radical (unpaired) electrons. The normalized spacial score (nSPS) is 17.8. The Bertz CT molecular complexity index is 735. The number of rotatable bonds is 4. The van der Waals surface area contributed by atoms with E-state index < -0.39 is 0 Å². The van der Waals surface area contributed by atoms with Crippen molar-refractivity contribution in [1.82, 2.24) is 4.90 Å². The van der Waals surface area contributed by atoms with Gasteiger partial charge in [-0.3, -0.25) is 9.59 Å². The van der Waals surface area contributed by atoms with Crippen LogP contribution in [0.4, 0.5) is 0 Å². The zero-order valence-corrected chi connectivity index (χ0v) is 14.8. The number of likely N-dealkylation sites (tertiary alicyclic amines) is 1. The first kappa shape index (κ1) is 16.9. The Morgan fingerprint density at radius 2 is 1.96 bits per heavy atom. The number of methoxy groups -OCH3 is 1. The molecule has 0 unspecified atom stereocenters. The predicted molar refractivity (Wildman–Crippen MR) is 95.7 cm³/mol. The predicted octanol–water partition coefficient (Wildman–Crippen LogP) is 3.87. The lowest BCUT2D eigenvalue weighted by Crippen LogP contribution is -2.42. The molecule has 1 fully saturated rings. The number of hydrogen-bond donors (Lipinski definition) is 0. The van der Waals surface area contributed by atoms with Crippen LogP contribution in [-0.4, -0.2) is 42.9 Å². The summed E-state index contributed by atoms with van der Waals surface area (Å²) in [7, 11) is 1.70. The molecule has 0 spiro atoms. The number of ether oxygens (including phenoxy) is 1. The molecule has 2 aromatic rings. The van der Waals surface area contributed by atoms with Gasteiger partial charge in [-0.15, -0.1) is 11.3 Å². The third-order valence-electron chi connectivity index (χ3n) is 4.43. The number of ketones is 1. The minimum atomic E-state index is 0.0420. The van der Waals surface area contributed by atoms with E-state index in [0.717, 1.165) is 35.4 Å². The van der Waals surface area contributed by atoms with Crippen LogP contribution in [0, 0.1) is 0 Å². The Kier molecular flexibility index (Phi) is 5.11. The van der Waals surface area contributed by atoms with Crippen molar-refractivity contribution in [3.05, 3.63) is 46.2 Å². The molecule has 1 saturated heterocycles. The van der Waals surface area contributed by atoms with Crippen LogP contribution in [0.2, 0.25) is 0 Å². The Morgan fingerprint density at radius 1 is 1.21 bits per heavy atom. The smallest absolute Gasteiger partial charge is 0.253 e. The van der Waals surface area contributed by atoms with Gasteiger partial charge in [0.05, 0.1) is 11.0 Å². The van der Waals surface area contributed by atoms with Gasteiger partial charge in [-0.1, -0.05) is 12.1 Å². The van der Waals surface area contributed by atoms with Crippen molar-refractivity contribution in [3.8, 4) is 11.1 Å². The van der Waals surface area contributed by atoms with E-state index >= 15 is 0 Å². The monoisotopic (exact) mass is 343 g/mol. The van der Waals surface area contributed by atoms with Crippen LogP contribution >= 0.6 is 11.3 Å². The Morgan fingerprint density at radius 3 is 2.62 bits per heavy atom. The van der Waals surface area contributed by atoms with Crippen molar-refractivity contribution < 1.29 is 14.3 Å². The maximum atomic E-state index is 12.7. The van der Waals surface area contributed by atoms with Crippen LogP contribution in [0.1, 0.15) is 39.8 Å². The zero-order valence-electron chi connectivity index (χ0n) is 14.0. The van der Waals surface area contributed by atoms with Gasteiger partial charge in [0, 0.05) is 31.3 Å². The maximum absolute atomic E-state index is 12.7. The number of piperidine rings is 1. The van der Waals surface area contributed by atoms with Crippen molar-refractivity contribution in [2.45, 2.75) is 25.9 Å². The van der Waals surface area contributed by atoms with Crippen molar-refractivity contribution >= 4 is 23.0 Å². The molecule has 0 saturated carbocycles. The molecular weight excluding hydrogens is 322 g/mol. The first-order valence-electron chi connectivity index (χ1n) is 8.11. The highest BCUT2D eigenvalue weighted by Gasteiger charge is 2.24. The standard InChI is InChI=1S/C19H21NO3S/c1-13(21)18-17(9-11-24-18)14-5-7-15(8-6-14)19(22)20-10-3-4-16(12-20)23-2/h5-9,11,16H,3-4,10,12H2,1-2H3/t16-/m0/s1. The van der Waals surface area contributed by atoms with Gasteiger partial charge in [-0.05, 0) is 48.9 Å². The molecule has 1 aliphatic rings. The van der Waals surface area contributed by atoms with E-state index in [1.807, 2.05) is 40.6 Å². The summed E-state index contributed by atoms with van der Waals surface area (Å²) < 4.78 is 5.39. The summed E-state index contributed by atoms with van der Waals surface area (Å²) in [5, 5.41) is 1.92. The average Bonchev–Trinajstić information content (AvgIpc) is 3.11. The second-order valence-electron chi connectivity index (χ2n) is 6.05. The van der Waals surface area contributed by atoms with E-state index in [4.69, 9.17) is 4.74 Å². The number of hydrogen-bond acceptors (Lipinski definition) is 4. The van der Waals surface area contributed by atoms with Crippen molar-refractivity contribution in [2.75, 3.05) is 20.2 Å². The SMILES string of the molecule is CO[C@H]1CCCN(C(=O)c2ccc(-c3ccsc3C(C)=O)cc2)C1. The minimum absolute atomic E-state index is 0.0420. The van der Waals surface area contributed by atoms with Gasteiger partial charge in [-0.2, -0.15) is 0 Å². The average molecular weight is 343 g/mol. The van der Waals surface area contributed by atoms with E-state index in [2.05, 4.69) is 0 Å². The Hall–Kier alpha value is -1.98. The molecule has 3 rings (SSSR count). The van der Waals surface area contributed by atoms with Gasteiger partial charge >= 0.3 is 0 Å². The van der Waals surface area contributed by atoms with E-state index in [-0.39, 0.29) is 17.8 Å². The van der Waals surface area contributed by atoms with E-state index in [0.29, 0.717) is 12.1 Å². The summed E-state index contributed by atoms with van der Waals surface area (Å²) in [6.07, 6.45) is 2.11. The second kappa shape index (κ2) is 7.28. The number of benzene rings is 1. The summed E-state index contributed by atoms with van der Waals surface area (Å²) in [4.78, 5) is 26.9. The van der Waals surface area contributed by atoms with Gasteiger partial charge in [-0.25, -0.2) is 0 Å². The van der Waals surface area contributed by atoms with Gasteiger partial charge in [0.1, 0.15) is 0 Å². The first-order valence-corrected chi connectivity index (χ1v) is 8.99. The summed E-state index contributed by atoms with van der Waals surface area (Å²) in [6, 6.07) is 9.47. The Balaban J connectivity index is 1.78. The molecule has 0 bridgehead atoms. The number of carbonyl (C=O) groups excluding carboxylic acids is 2. The highest BCUT2D eigenvalue weighted by Crippen LogP contribution is 2.29. The maximum Gasteiger partial charge on any atom is 0.253 e. The quantitative estimate of drug-likeness (QED) is 0.792. The molecule has 5 heteroatoms. The molecule has 0 aliphatic carbocycles. The molecule has 24 heavy (non-hydrogen) atoms. The fourth-order valence-corrected chi connectivity index (χ4v) is 3.92. The highest BCUT2D eigenvalue weighted by molar-refractivity contribution is 7.12. The second-order valence-corrected chi connectivity index (χ2v) is 6.96. The lowest BCUT2D eigenvalue weighted by atomic mass is 10.0. The van der Waals surface area contributed by atoms with Gasteiger partial charge < -0.3 is 9.64 Å². The Labute approximate surface area is 146 Å². The molecule has 1 aromatic carbocycles. The van der Waals surface area contributed by atoms with Gasteiger partial charge in [0.2, 0.25) is 0 Å². The number of amides is 1. The van der Waals surface area contributed by atoms with Crippen LogP contribution in [0.3, 0.4) is 0 Å². The number of thiophene rings is 1. The topological polar surface area (TPSA) is 46.6 Å². The third-order valence-corrected chi connectivity index (χ3v) is 5.44. The fraction of sp³-hybridized carbons (Fsp3) is 0.368. The van der Waals surface area contributed by atoms with Crippen molar-refractivity contribution in [2.24, 2.45) is 0 Å². The lowest BCUT2D eigenvalue weighted by Gasteiger charge is -2.32. The third kappa shape index (κ3) is 3.42. The molecule has 4 nitrogen and oxygen atoms in total. The van der Waals surface area contributed by atoms with E-state index in [9.17, 15) is 9.59 Å². The first-order chi connectivity index (χ1) is 11.6. The molecule has 2 heterocycles. The van der Waals surface area contributed by atoms with Gasteiger partial charge in [0.25, 0.3) is 5.91 Å². The molecule has 1 aromatic heterocycles. The van der Waals surface area contributed by atoms with Crippen LogP contribution in [0.5, 0.6) is 0 Å². The number of Topliss-reactive ketones (excluding diaryl/α,β-unsaturated/α-hetero) is 1. The van der Waals surface area contributed by atoms with Crippen molar-refractivity contribution in [3.63, 3.8) is 0 Å². The summed E-state index contributed by atoms with van der Waals surface area (Å²) in [5.41, 5.74) is 2.57. The molecule has 0 N–H and O–H groups in total. The molecule has 1 aliphatic heterocycles. The van der Waals surface area contributed by atoms with Gasteiger partial charge in [0.15, 0.2) is 5.78 Å². The van der Waals surface area contributed by atoms with Crippen LogP contribution in [-0.2, 0) is 4.74 Å². The van der Waals surface area contributed by atoms with Crippen LogP contribution < -0.4 is 0 Å². The molecule has 1 atom stereocenters. The minimum Gasteiger partial charge on any atom is -0.380 e.